The lowest BCUT2D eigenvalue weighted by Crippen LogP contribution is -2.15. The number of carbonyl (C=O) groups excluding carboxylic acids is 1. The molecule has 0 aliphatic carbocycles. The van der Waals surface area contributed by atoms with Crippen LogP contribution in [0.1, 0.15) is 16.1 Å². The number of nitrogens with zero attached hydrogens (tertiary/aromatic N) is 3. The monoisotopic (exact) mass is 306 g/mol. The number of nitrogens with one attached hydrogen (secondary N) is 1. The quantitative estimate of drug-likeness (QED) is 0.790. The third-order valence-corrected chi connectivity index (χ3v) is 4.40. The number of aryl methyl sites for hydroxylation is 2. The van der Waals surface area contributed by atoms with Crippen LogP contribution in [0.2, 0.25) is 5.02 Å². The molecule has 3 aromatic rings. The normalized spacial score (nSPS) is 10.9. The van der Waals surface area contributed by atoms with E-state index >= 15 is 0 Å². The molecule has 0 radical (unpaired) electrons. The van der Waals surface area contributed by atoms with Gasteiger partial charge in [-0.05, 0) is 24.6 Å². The molecule has 5 nitrogen and oxygen atoms in total. The van der Waals surface area contributed by atoms with Crippen LogP contribution >= 0.6 is 22.9 Å². The number of halogens is 1. The molecular formula is C13H11ClN4OS. The van der Waals surface area contributed by atoms with E-state index in [1.165, 1.54) is 16.0 Å². The van der Waals surface area contributed by atoms with E-state index in [1.54, 1.807) is 19.3 Å². The molecule has 1 N–H and O–H groups in total. The lowest BCUT2D eigenvalue weighted by Gasteiger charge is -2.00. The van der Waals surface area contributed by atoms with Gasteiger partial charge < -0.3 is 0 Å². The van der Waals surface area contributed by atoms with Gasteiger partial charge >= 0.3 is 0 Å². The molecule has 2 aromatic heterocycles. The summed E-state index contributed by atoms with van der Waals surface area (Å²) in [6.07, 6.45) is 1.58. The first-order valence-corrected chi connectivity index (χ1v) is 7.10. The lowest BCUT2D eigenvalue weighted by atomic mass is 10.2. The molecule has 0 aliphatic rings. The Morgan fingerprint density at radius 3 is 2.85 bits per heavy atom. The summed E-state index contributed by atoms with van der Waals surface area (Å²) >= 11 is 7.51. The number of hydrogen-bond donors (Lipinski definition) is 1. The Morgan fingerprint density at radius 2 is 2.20 bits per heavy atom. The second-order valence-corrected chi connectivity index (χ2v) is 5.76. The SMILES string of the molecule is Cc1ccc(Cl)c2sc(NC(=O)c3ccnn3C)nc12. The summed E-state index contributed by atoms with van der Waals surface area (Å²) in [5.74, 6) is -0.238. The molecule has 0 fully saturated rings. The fourth-order valence-electron chi connectivity index (χ4n) is 1.91. The average molecular weight is 307 g/mol. The van der Waals surface area contributed by atoms with Crippen molar-refractivity contribution in [3.63, 3.8) is 0 Å². The molecule has 0 bridgehead atoms. The molecule has 20 heavy (non-hydrogen) atoms. The minimum atomic E-state index is -0.238. The number of amides is 1. The van der Waals surface area contributed by atoms with Crippen molar-refractivity contribution in [3.05, 3.63) is 40.7 Å². The molecule has 1 aromatic carbocycles. The van der Waals surface area contributed by atoms with E-state index in [-0.39, 0.29) is 5.91 Å². The highest BCUT2D eigenvalue weighted by Crippen LogP contribution is 2.33. The molecule has 102 valence electrons. The largest absolute Gasteiger partial charge is 0.296 e. The maximum absolute atomic E-state index is 12.1. The zero-order chi connectivity index (χ0) is 14.3. The Kier molecular flexibility index (Phi) is 3.19. The van der Waals surface area contributed by atoms with Crippen molar-refractivity contribution in [1.82, 2.24) is 14.8 Å². The molecular weight excluding hydrogens is 296 g/mol. The van der Waals surface area contributed by atoms with Crippen molar-refractivity contribution in [2.24, 2.45) is 7.05 Å². The van der Waals surface area contributed by atoms with Gasteiger partial charge in [0.05, 0.1) is 15.2 Å². The van der Waals surface area contributed by atoms with E-state index in [9.17, 15) is 4.79 Å². The number of carbonyl (C=O) groups is 1. The number of benzene rings is 1. The number of aromatic nitrogens is 3. The van der Waals surface area contributed by atoms with Crippen LogP contribution < -0.4 is 5.32 Å². The maximum atomic E-state index is 12.1. The summed E-state index contributed by atoms with van der Waals surface area (Å²) < 4.78 is 2.40. The van der Waals surface area contributed by atoms with E-state index in [0.717, 1.165) is 15.8 Å². The minimum absolute atomic E-state index is 0.238. The highest BCUT2D eigenvalue weighted by Gasteiger charge is 2.14. The van der Waals surface area contributed by atoms with E-state index in [1.807, 2.05) is 19.1 Å². The van der Waals surface area contributed by atoms with Crippen LogP contribution in [-0.4, -0.2) is 20.7 Å². The maximum Gasteiger partial charge on any atom is 0.275 e. The van der Waals surface area contributed by atoms with Crippen LogP contribution in [0.4, 0.5) is 5.13 Å². The Morgan fingerprint density at radius 1 is 1.40 bits per heavy atom. The Labute approximate surface area is 124 Å². The van der Waals surface area contributed by atoms with Crippen LogP contribution in [0.5, 0.6) is 0 Å². The number of thiazole rings is 1. The van der Waals surface area contributed by atoms with Crippen molar-refractivity contribution in [2.75, 3.05) is 5.32 Å². The smallest absolute Gasteiger partial charge is 0.275 e. The van der Waals surface area contributed by atoms with Crippen molar-refractivity contribution < 1.29 is 4.79 Å². The van der Waals surface area contributed by atoms with Crippen LogP contribution in [0.3, 0.4) is 0 Å². The average Bonchev–Trinajstić information content (AvgIpc) is 3.01. The Balaban J connectivity index is 1.96. The molecule has 0 saturated carbocycles. The van der Waals surface area contributed by atoms with Gasteiger partial charge in [0.15, 0.2) is 5.13 Å². The predicted molar refractivity (Wildman–Crippen MR) is 80.5 cm³/mol. The van der Waals surface area contributed by atoms with E-state index < -0.39 is 0 Å². The van der Waals surface area contributed by atoms with Crippen molar-refractivity contribution in [3.8, 4) is 0 Å². The third kappa shape index (κ3) is 2.17. The van der Waals surface area contributed by atoms with Gasteiger partial charge in [-0.1, -0.05) is 29.0 Å². The zero-order valence-electron chi connectivity index (χ0n) is 10.8. The van der Waals surface area contributed by atoms with Gasteiger partial charge in [0.2, 0.25) is 0 Å². The molecule has 0 unspecified atom stereocenters. The fourth-order valence-corrected chi connectivity index (χ4v) is 3.12. The van der Waals surface area contributed by atoms with Crippen LogP contribution in [0.15, 0.2) is 24.4 Å². The van der Waals surface area contributed by atoms with E-state index in [2.05, 4.69) is 15.4 Å². The molecule has 0 atom stereocenters. The van der Waals surface area contributed by atoms with E-state index in [0.29, 0.717) is 15.8 Å². The zero-order valence-corrected chi connectivity index (χ0v) is 12.4. The molecule has 1 amide bonds. The lowest BCUT2D eigenvalue weighted by molar-refractivity contribution is 0.101. The molecule has 0 spiro atoms. The highest BCUT2D eigenvalue weighted by molar-refractivity contribution is 7.23. The summed E-state index contributed by atoms with van der Waals surface area (Å²) in [4.78, 5) is 16.5. The number of anilines is 1. The third-order valence-electron chi connectivity index (χ3n) is 2.97. The van der Waals surface area contributed by atoms with E-state index in [4.69, 9.17) is 11.6 Å². The first kappa shape index (κ1) is 13.1. The summed E-state index contributed by atoms with van der Waals surface area (Å²) in [5, 5.41) is 7.92. The highest BCUT2D eigenvalue weighted by atomic mass is 35.5. The summed E-state index contributed by atoms with van der Waals surface area (Å²) in [7, 11) is 1.72. The van der Waals surface area contributed by atoms with Crippen LogP contribution in [0, 0.1) is 6.92 Å². The molecule has 0 saturated heterocycles. The summed E-state index contributed by atoms with van der Waals surface area (Å²) in [5.41, 5.74) is 2.33. The second kappa shape index (κ2) is 4.88. The predicted octanol–water partition coefficient (Wildman–Crippen LogP) is 3.24. The standard InChI is InChI=1S/C13H11ClN4OS/c1-7-3-4-8(14)11-10(7)16-13(20-11)17-12(19)9-5-6-15-18(9)2/h3-6H,1-2H3,(H,16,17,19). The van der Waals surface area contributed by atoms with Gasteiger partial charge in [-0.2, -0.15) is 5.10 Å². The minimum Gasteiger partial charge on any atom is -0.296 e. The Hall–Kier alpha value is -1.92. The van der Waals surface area contributed by atoms with Gasteiger partial charge in [0.1, 0.15) is 5.69 Å². The topological polar surface area (TPSA) is 59.8 Å². The summed E-state index contributed by atoms with van der Waals surface area (Å²) in [6, 6.07) is 5.40. The van der Waals surface area contributed by atoms with Crippen molar-refractivity contribution in [1.29, 1.82) is 0 Å². The van der Waals surface area contributed by atoms with Gasteiger partial charge in [0, 0.05) is 13.2 Å². The number of hydrogen-bond acceptors (Lipinski definition) is 4. The Bertz CT molecular complexity index is 769. The van der Waals surface area contributed by atoms with Gasteiger partial charge in [-0.15, -0.1) is 0 Å². The van der Waals surface area contributed by atoms with Crippen molar-refractivity contribution in [2.45, 2.75) is 6.92 Å². The first-order valence-electron chi connectivity index (χ1n) is 5.91. The number of fused-ring (bicyclic) bond motifs is 1. The molecule has 3 rings (SSSR count). The van der Waals surface area contributed by atoms with Gasteiger partial charge in [-0.25, -0.2) is 4.98 Å². The van der Waals surface area contributed by atoms with Gasteiger partial charge in [-0.3, -0.25) is 14.8 Å². The van der Waals surface area contributed by atoms with Crippen molar-refractivity contribution >= 4 is 44.2 Å². The second-order valence-electron chi connectivity index (χ2n) is 4.36. The summed E-state index contributed by atoms with van der Waals surface area (Å²) in [6.45, 7) is 1.96. The molecule has 0 aliphatic heterocycles. The first-order chi connectivity index (χ1) is 9.56. The number of rotatable bonds is 2. The molecule has 2 heterocycles. The molecule has 7 heteroatoms. The fraction of sp³-hybridized carbons (Fsp3) is 0.154. The van der Waals surface area contributed by atoms with Crippen LogP contribution in [0.25, 0.3) is 10.2 Å². The van der Waals surface area contributed by atoms with Gasteiger partial charge in [0.25, 0.3) is 5.91 Å². The van der Waals surface area contributed by atoms with Crippen LogP contribution in [-0.2, 0) is 7.05 Å².